The number of fused-ring (bicyclic) bond motifs is 3. The minimum absolute atomic E-state index is 0.0135. The van der Waals surface area contributed by atoms with Gasteiger partial charge in [0.25, 0.3) is 5.91 Å². The van der Waals surface area contributed by atoms with E-state index in [2.05, 4.69) is 5.32 Å². The van der Waals surface area contributed by atoms with Crippen LogP contribution in [0.25, 0.3) is 0 Å². The molecule has 0 unspecified atom stereocenters. The van der Waals surface area contributed by atoms with Crippen molar-refractivity contribution in [3.05, 3.63) is 29.7 Å². The van der Waals surface area contributed by atoms with Gasteiger partial charge in [-0.2, -0.15) is 0 Å². The zero-order valence-electron chi connectivity index (χ0n) is 14.0. The first-order chi connectivity index (χ1) is 12.5. The molecule has 3 aliphatic heterocycles. The second kappa shape index (κ2) is 6.01. The number of nitrogens with zero attached hydrogens (tertiary/aromatic N) is 2. The molecule has 9 heteroatoms. The van der Waals surface area contributed by atoms with Crippen LogP contribution >= 0.6 is 0 Å². The number of rotatable bonds is 2. The molecular formula is C17H16FN3O5. The number of nitrogens with one attached hydrogen (secondary N) is 1. The SMILES string of the molecule is CNC(=O)[C@H]1CN(c2cc(F)c3c(c2)OCC2=CC(=O)CCN23)C(=O)O1. The van der Waals surface area contributed by atoms with Crippen molar-refractivity contribution in [2.24, 2.45) is 0 Å². The third kappa shape index (κ3) is 2.56. The van der Waals surface area contributed by atoms with Crippen molar-refractivity contribution in [2.45, 2.75) is 12.5 Å². The summed E-state index contributed by atoms with van der Waals surface area (Å²) in [7, 11) is 1.44. The number of carbonyl (C=O) groups excluding carboxylic acids is 3. The number of allylic oxidation sites excluding steroid dienone is 1. The van der Waals surface area contributed by atoms with Gasteiger partial charge in [0, 0.05) is 38.2 Å². The first-order valence-electron chi connectivity index (χ1n) is 8.15. The lowest BCUT2D eigenvalue weighted by atomic mass is 10.1. The highest BCUT2D eigenvalue weighted by Crippen LogP contribution is 2.42. The normalized spacial score (nSPS) is 21.5. The number of carbonyl (C=O) groups is 3. The first kappa shape index (κ1) is 16.4. The molecule has 1 N–H and O–H groups in total. The molecule has 0 saturated carbocycles. The highest BCUT2D eigenvalue weighted by molar-refractivity contribution is 5.96. The van der Waals surface area contributed by atoms with Gasteiger partial charge in [-0.15, -0.1) is 0 Å². The molecule has 3 aliphatic rings. The summed E-state index contributed by atoms with van der Waals surface area (Å²) in [6.45, 7) is 0.509. The Kier molecular flexibility index (Phi) is 3.78. The maximum absolute atomic E-state index is 14.8. The van der Waals surface area contributed by atoms with Crippen LogP contribution in [0.1, 0.15) is 6.42 Å². The third-order valence-corrected chi connectivity index (χ3v) is 4.58. The van der Waals surface area contributed by atoms with E-state index in [-0.39, 0.29) is 36.1 Å². The Morgan fingerprint density at radius 1 is 1.31 bits per heavy atom. The average Bonchev–Trinajstić information content (AvgIpc) is 3.02. The Morgan fingerprint density at radius 2 is 2.12 bits per heavy atom. The molecule has 0 bridgehead atoms. The molecule has 1 fully saturated rings. The molecule has 1 aromatic rings. The zero-order chi connectivity index (χ0) is 18.4. The number of cyclic esters (lactones) is 1. The lowest BCUT2D eigenvalue weighted by Crippen LogP contribution is -2.37. The van der Waals surface area contributed by atoms with Crippen LogP contribution < -0.4 is 19.9 Å². The average molecular weight is 361 g/mol. The maximum Gasteiger partial charge on any atom is 0.415 e. The number of ketones is 1. The third-order valence-electron chi connectivity index (χ3n) is 4.58. The minimum atomic E-state index is -0.949. The van der Waals surface area contributed by atoms with E-state index in [1.54, 1.807) is 11.0 Å². The predicted octanol–water partition coefficient (Wildman–Crippen LogP) is 0.952. The quantitative estimate of drug-likeness (QED) is 0.844. The molecule has 8 nitrogen and oxygen atoms in total. The van der Waals surface area contributed by atoms with Crippen LogP contribution in [0.15, 0.2) is 23.9 Å². The molecule has 0 spiro atoms. The van der Waals surface area contributed by atoms with Gasteiger partial charge >= 0.3 is 6.09 Å². The summed E-state index contributed by atoms with van der Waals surface area (Å²) in [5.74, 6) is -0.736. The van der Waals surface area contributed by atoms with E-state index in [0.29, 0.717) is 18.7 Å². The predicted molar refractivity (Wildman–Crippen MR) is 88.6 cm³/mol. The van der Waals surface area contributed by atoms with E-state index < -0.39 is 23.9 Å². The molecule has 3 heterocycles. The maximum atomic E-state index is 14.8. The van der Waals surface area contributed by atoms with Crippen molar-refractivity contribution in [2.75, 3.05) is 36.5 Å². The van der Waals surface area contributed by atoms with Gasteiger partial charge in [0.05, 0.1) is 17.9 Å². The molecule has 0 aliphatic carbocycles. The van der Waals surface area contributed by atoms with Crippen LogP contribution in [0.5, 0.6) is 5.75 Å². The van der Waals surface area contributed by atoms with Crippen LogP contribution in [0.2, 0.25) is 0 Å². The molecule has 1 aromatic carbocycles. The van der Waals surface area contributed by atoms with Gasteiger partial charge in [0.15, 0.2) is 17.7 Å². The van der Waals surface area contributed by atoms with Gasteiger partial charge in [-0.3, -0.25) is 14.5 Å². The molecule has 136 valence electrons. The molecule has 2 amide bonds. The second-order valence-corrected chi connectivity index (χ2v) is 6.16. The minimum Gasteiger partial charge on any atom is -0.485 e. The number of hydrogen-bond acceptors (Lipinski definition) is 6. The largest absolute Gasteiger partial charge is 0.485 e. The number of halogens is 1. The first-order valence-corrected chi connectivity index (χ1v) is 8.15. The smallest absolute Gasteiger partial charge is 0.415 e. The summed E-state index contributed by atoms with van der Waals surface area (Å²) in [6, 6.07) is 2.74. The van der Waals surface area contributed by atoms with Crippen molar-refractivity contribution in [1.29, 1.82) is 0 Å². The molecule has 1 saturated heterocycles. The second-order valence-electron chi connectivity index (χ2n) is 6.16. The van der Waals surface area contributed by atoms with E-state index in [1.165, 1.54) is 24.1 Å². The van der Waals surface area contributed by atoms with Gasteiger partial charge in [-0.1, -0.05) is 0 Å². The molecular weight excluding hydrogens is 345 g/mol. The van der Waals surface area contributed by atoms with Gasteiger partial charge in [-0.25, -0.2) is 9.18 Å². The van der Waals surface area contributed by atoms with Crippen LogP contribution in [0, 0.1) is 5.82 Å². The summed E-state index contributed by atoms with van der Waals surface area (Å²) in [4.78, 5) is 38.2. The number of benzene rings is 1. The standard InChI is InChI=1S/C17H16FN3O5/c1-19-16(23)14-7-21(17(24)26-14)9-5-12(18)15-13(6-9)25-8-10-4-11(22)2-3-20(10)15/h4-6,14H,2-3,7-8H2,1H3,(H,19,23)/t14-/m1/s1. The summed E-state index contributed by atoms with van der Waals surface area (Å²) in [6.07, 6.45) is 0.0928. The Bertz CT molecular complexity index is 853. The number of amides is 2. The fourth-order valence-electron chi connectivity index (χ4n) is 3.29. The van der Waals surface area contributed by atoms with Crippen LogP contribution in [-0.2, 0) is 14.3 Å². The summed E-state index contributed by atoms with van der Waals surface area (Å²) in [5.41, 5.74) is 1.10. The number of anilines is 2. The lowest BCUT2D eigenvalue weighted by molar-refractivity contribution is -0.127. The number of likely N-dealkylation sites (N-methyl/N-ethyl adjacent to an activating group) is 1. The Morgan fingerprint density at radius 3 is 2.88 bits per heavy atom. The highest BCUT2D eigenvalue weighted by atomic mass is 19.1. The van der Waals surface area contributed by atoms with Gasteiger partial charge < -0.3 is 19.7 Å². The van der Waals surface area contributed by atoms with Crippen LogP contribution in [0.3, 0.4) is 0 Å². The highest BCUT2D eigenvalue weighted by Gasteiger charge is 2.38. The van der Waals surface area contributed by atoms with Crippen molar-refractivity contribution < 1.29 is 28.2 Å². The van der Waals surface area contributed by atoms with Crippen molar-refractivity contribution in [1.82, 2.24) is 5.32 Å². The van der Waals surface area contributed by atoms with Crippen molar-refractivity contribution >= 4 is 29.2 Å². The lowest BCUT2D eigenvalue weighted by Gasteiger charge is -2.36. The summed E-state index contributed by atoms with van der Waals surface area (Å²) >= 11 is 0. The molecule has 1 atom stereocenters. The monoisotopic (exact) mass is 361 g/mol. The van der Waals surface area contributed by atoms with Crippen molar-refractivity contribution in [3.8, 4) is 5.75 Å². The van der Waals surface area contributed by atoms with Crippen molar-refractivity contribution in [3.63, 3.8) is 0 Å². The van der Waals surface area contributed by atoms with Gasteiger partial charge in [-0.05, 0) is 0 Å². The van der Waals surface area contributed by atoms with E-state index in [0.717, 1.165) is 0 Å². The number of ether oxygens (including phenoxy) is 2. The fourth-order valence-corrected chi connectivity index (χ4v) is 3.29. The van der Waals surface area contributed by atoms with E-state index in [1.807, 2.05) is 0 Å². The molecule has 26 heavy (non-hydrogen) atoms. The van der Waals surface area contributed by atoms with E-state index in [9.17, 15) is 18.8 Å². The molecule has 0 aromatic heterocycles. The molecule has 0 radical (unpaired) electrons. The topological polar surface area (TPSA) is 88.2 Å². The van der Waals surface area contributed by atoms with E-state index in [4.69, 9.17) is 9.47 Å². The zero-order valence-corrected chi connectivity index (χ0v) is 14.0. The van der Waals surface area contributed by atoms with E-state index >= 15 is 0 Å². The summed E-state index contributed by atoms with van der Waals surface area (Å²) in [5, 5.41) is 2.41. The van der Waals surface area contributed by atoms with Gasteiger partial charge in [0.2, 0.25) is 0 Å². The van der Waals surface area contributed by atoms with Gasteiger partial charge in [0.1, 0.15) is 18.0 Å². The summed E-state index contributed by atoms with van der Waals surface area (Å²) < 4.78 is 25.4. The number of hydrogen-bond donors (Lipinski definition) is 1. The fraction of sp³-hybridized carbons (Fsp3) is 0.353. The Labute approximate surface area is 148 Å². The Balaban J connectivity index is 1.67. The van der Waals surface area contributed by atoms with Crippen LogP contribution in [-0.4, -0.2) is 50.6 Å². The van der Waals surface area contributed by atoms with Crippen LogP contribution in [0.4, 0.5) is 20.6 Å². The molecule has 4 rings (SSSR count). The Hall–Kier alpha value is -3.10.